The number of nitrogens with zero attached hydrogens (tertiary/aromatic N) is 2. The summed E-state index contributed by atoms with van der Waals surface area (Å²) in [6.07, 6.45) is 3.72. The van der Waals surface area contributed by atoms with Crippen LogP contribution in [0.15, 0.2) is 66.2 Å². The van der Waals surface area contributed by atoms with E-state index in [0.717, 1.165) is 41.5 Å². The summed E-state index contributed by atoms with van der Waals surface area (Å²) in [5.74, 6) is 0.368. The van der Waals surface area contributed by atoms with Crippen LogP contribution >= 0.6 is 11.6 Å². The van der Waals surface area contributed by atoms with E-state index in [9.17, 15) is 19.5 Å². The summed E-state index contributed by atoms with van der Waals surface area (Å²) in [5, 5.41) is 13.9. The maximum atomic E-state index is 14.8. The molecule has 53 heavy (non-hydrogen) atoms. The van der Waals surface area contributed by atoms with Gasteiger partial charge in [0.2, 0.25) is 5.91 Å². The fraction of sp³-hybridized carbons (Fsp3) is 0.465. The van der Waals surface area contributed by atoms with Gasteiger partial charge in [-0.3, -0.25) is 14.4 Å². The molecule has 0 unspecified atom stereocenters. The molecule has 3 aromatic carbocycles. The number of carbonyl (C=O) groups excluding carboxylic acids is 2. The standard InChI is InChI=1S/C43H52ClN3O6/c1-27-6-8-30(9-7-27)17-19-47(33-12-13-33)41(49)40-35(24-32-25-46(26-37(40)45-32)39(48)16-18-43(4,5)42(50)51)31-10-14-34(15-11-31)52-20-21-53-38-23-29(3)28(2)22-36(38)44/h6-11,14-15,22-23,32-33,37,45H,12-13,16-21,24-26H2,1-5H3,(H,50,51)/t32-,37-/m1/s1. The second kappa shape index (κ2) is 16.4. The van der Waals surface area contributed by atoms with Gasteiger partial charge in [-0.05, 0) is 119 Å². The predicted molar refractivity (Wildman–Crippen MR) is 207 cm³/mol. The van der Waals surface area contributed by atoms with E-state index in [-0.39, 0.29) is 42.8 Å². The van der Waals surface area contributed by atoms with Crippen molar-refractivity contribution < 1.29 is 29.0 Å². The summed E-state index contributed by atoms with van der Waals surface area (Å²) < 4.78 is 11.9. The average molecular weight is 742 g/mol. The van der Waals surface area contributed by atoms with Crippen LogP contribution in [-0.2, 0) is 20.8 Å². The molecule has 282 valence electrons. The SMILES string of the molecule is Cc1ccc(CCN(C(=O)C2=C(c3ccc(OCCOc4cc(C)c(C)cc4Cl)cc3)C[C@@H]3CN(C(=O)CCC(C)(C)C(=O)O)C[C@H]2N3)C2CC2)cc1. The van der Waals surface area contributed by atoms with Gasteiger partial charge in [0, 0.05) is 43.7 Å². The van der Waals surface area contributed by atoms with Gasteiger partial charge in [0.25, 0.3) is 5.91 Å². The summed E-state index contributed by atoms with van der Waals surface area (Å²) in [6, 6.07) is 20.0. The third kappa shape index (κ3) is 9.43. The highest BCUT2D eigenvalue weighted by Gasteiger charge is 2.43. The molecule has 2 fully saturated rings. The maximum Gasteiger partial charge on any atom is 0.309 e. The lowest BCUT2D eigenvalue weighted by atomic mass is 9.82. The normalized spacial score (nSPS) is 18.5. The fourth-order valence-corrected chi connectivity index (χ4v) is 7.45. The Morgan fingerprint density at radius 2 is 1.62 bits per heavy atom. The Hall–Kier alpha value is -4.34. The lowest BCUT2D eigenvalue weighted by Gasteiger charge is -2.45. The van der Waals surface area contributed by atoms with Crippen LogP contribution in [0.4, 0.5) is 0 Å². The number of amides is 2. The number of hydrogen-bond donors (Lipinski definition) is 2. The molecule has 2 N–H and O–H groups in total. The van der Waals surface area contributed by atoms with Crippen LogP contribution in [0.5, 0.6) is 11.5 Å². The number of carbonyl (C=O) groups is 3. The van der Waals surface area contributed by atoms with E-state index >= 15 is 0 Å². The predicted octanol–water partition coefficient (Wildman–Crippen LogP) is 7.17. The molecule has 2 heterocycles. The zero-order valence-corrected chi connectivity index (χ0v) is 32.3. The zero-order valence-electron chi connectivity index (χ0n) is 31.5. The van der Waals surface area contributed by atoms with Gasteiger partial charge in [-0.25, -0.2) is 0 Å². The van der Waals surface area contributed by atoms with Crippen LogP contribution in [0.1, 0.15) is 73.8 Å². The van der Waals surface area contributed by atoms with E-state index in [0.29, 0.717) is 61.4 Å². The highest BCUT2D eigenvalue weighted by molar-refractivity contribution is 6.32. The van der Waals surface area contributed by atoms with Gasteiger partial charge in [-0.15, -0.1) is 0 Å². The zero-order chi connectivity index (χ0) is 37.9. The summed E-state index contributed by atoms with van der Waals surface area (Å²) in [6.45, 7) is 11.6. The van der Waals surface area contributed by atoms with Crippen molar-refractivity contribution in [3.8, 4) is 11.5 Å². The quantitative estimate of drug-likeness (QED) is 0.159. The van der Waals surface area contributed by atoms with Crippen molar-refractivity contribution in [1.29, 1.82) is 0 Å². The van der Waals surface area contributed by atoms with Crippen molar-refractivity contribution >= 4 is 35.0 Å². The number of aliphatic carboxylic acids is 1. The van der Waals surface area contributed by atoms with Crippen LogP contribution in [0.25, 0.3) is 5.57 Å². The first-order valence-electron chi connectivity index (χ1n) is 18.8. The van der Waals surface area contributed by atoms with E-state index in [4.69, 9.17) is 21.1 Å². The molecule has 1 saturated carbocycles. The second-order valence-electron chi connectivity index (χ2n) is 15.6. The summed E-state index contributed by atoms with van der Waals surface area (Å²) >= 11 is 6.37. The van der Waals surface area contributed by atoms with Gasteiger partial charge in [0.05, 0.1) is 16.5 Å². The van der Waals surface area contributed by atoms with E-state index in [1.165, 1.54) is 11.1 Å². The molecule has 0 spiro atoms. The number of rotatable bonds is 15. The van der Waals surface area contributed by atoms with Gasteiger partial charge in [-0.1, -0.05) is 53.6 Å². The molecule has 3 aromatic rings. The van der Waals surface area contributed by atoms with E-state index < -0.39 is 11.4 Å². The molecule has 2 bridgehead atoms. The highest BCUT2D eigenvalue weighted by Crippen LogP contribution is 2.38. The third-order valence-electron chi connectivity index (χ3n) is 10.9. The summed E-state index contributed by atoms with van der Waals surface area (Å²) in [4.78, 5) is 43.9. The van der Waals surface area contributed by atoms with Gasteiger partial charge in [0.15, 0.2) is 0 Å². The summed E-state index contributed by atoms with van der Waals surface area (Å²) in [7, 11) is 0. The molecule has 2 atom stereocenters. The number of ether oxygens (including phenoxy) is 2. The smallest absolute Gasteiger partial charge is 0.309 e. The Kier molecular flexibility index (Phi) is 11.8. The molecule has 3 aliphatic rings. The maximum absolute atomic E-state index is 14.8. The van der Waals surface area contributed by atoms with Crippen molar-refractivity contribution in [2.24, 2.45) is 5.41 Å². The van der Waals surface area contributed by atoms with E-state index in [2.05, 4.69) is 36.5 Å². The Morgan fingerprint density at radius 1 is 0.943 bits per heavy atom. The Labute approximate surface area is 318 Å². The molecule has 0 radical (unpaired) electrons. The molecule has 0 aromatic heterocycles. The minimum absolute atomic E-state index is 0.0225. The number of carboxylic acids is 1. The number of aryl methyl sites for hydroxylation is 3. The Morgan fingerprint density at radius 3 is 2.30 bits per heavy atom. The monoisotopic (exact) mass is 741 g/mol. The van der Waals surface area contributed by atoms with Crippen LogP contribution in [-0.4, -0.2) is 83.7 Å². The van der Waals surface area contributed by atoms with E-state index in [1.807, 2.05) is 60.0 Å². The second-order valence-corrected chi connectivity index (χ2v) is 16.0. The molecule has 6 rings (SSSR count). The number of benzene rings is 3. The molecule has 2 amide bonds. The van der Waals surface area contributed by atoms with Crippen molar-refractivity contribution in [2.45, 2.75) is 91.3 Å². The van der Waals surface area contributed by atoms with Crippen LogP contribution in [0.3, 0.4) is 0 Å². The number of halogens is 1. The van der Waals surface area contributed by atoms with Crippen LogP contribution < -0.4 is 14.8 Å². The first-order valence-corrected chi connectivity index (χ1v) is 19.2. The molecule has 2 aliphatic heterocycles. The lowest BCUT2D eigenvalue weighted by molar-refractivity contribution is -0.148. The van der Waals surface area contributed by atoms with Crippen molar-refractivity contribution in [2.75, 3.05) is 32.8 Å². The lowest BCUT2D eigenvalue weighted by Crippen LogP contribution is -2.62. The molecule has 1 saturated heterocycles. The van der Waals surface area contributed by atoms with Gasteiger partial charge in [0.1, 0.15) is 24.7 Å². The summed E-state index contributed by atoms with van der Waals surface area (Å²) in [5.41, 5.74) is 6.32. The number of hydrogen-bond acceptors (Lipinski definition) is 6. The Bertz CT molecular complexity index is 1850. The number of piperazine rings is 1. The van der Waals surface area contributed by atoms with E-state index in [1.54, 1.807) is 13.8 Å². The minimum atomic E-state index is -0.993. The molecule has 10 heteroatoms. The van der Waals surface area contributed by atoms with Crippen LogP contribution in [0.2, 0.25) is 5.02 Å². The Balaban J connectivity index is 1.21. The largest absolute Gasteiger partial charge is 0.490 e. The first-order chi connectivity index (χ1) is 25.3. The minimum Gasteiger partial charge on any atom is -0.490 e. The first kappa shape index (κ1) is 38.4. The number of fused-ring (bicyclic) bond motifs is 2. The number of carboxylic acid groups (broad SMARTS) is 1. The highest BCUT2D eigenvalue weighted by atomic mass is 35.5. The average Bonchev–Trinajstić information content (AvgIpc) is 3.97. The fourth-order valence-electron chi connectivity index (χ4n) is 7.18. The topological polar surface area (TPSA) is 108 Å². The van der Waals surface area contributed by atoms with Crippen LogP contribution in [0, 0.1) is 26.2 Å². The van der Waals surface area contributed by atoms with Crippen molar-refractivity contribution in [3.05, 3.63) is 99.1 Å². The molecule has 9 nitrogen and oxygen atoms in total. The molecular formula is C43H52ClN3O6. The van der Waals surface area contributed by atoms with Gasteiger partial charge in [-0.2, -0.15) is 0 Å². The van der Waals surface area contributed by atoms with Crippen molar-refractivity contribution in [1.82, 2.24) is 15.1 Å². The van der Waals surface area contributed by atoms with Crippen molar-refractivity contribution in [3.63, 3.8) is 0 Å². The third-order valence-corrected chi connectivity index (χ3v) is 11.2. The van der Waals surface area contributed by atoms with Gasteiger partial charge < -0.3 is 29.7 Å². The molecular weight excluding hydrogens is 690 g/mol. The molecule has 1 aliphatic carbocycles. The van der Waals surface area contributed by atoms with Gasteiger partial charge >= 0.3 is 5.97 Å². The number of nitrogens with one attached hydrogen (secondary N) is 1.